The zero-order valence-electron chi connectivity index (χ0n) is 15.3. The predicted octanol–water partition coefficient (Wildman–Crippen LogP) is 2.86. The second-order valence-electron chi connectivity index (χ2n) is 5.57. The number of non-ortho nitro benzene ring substituents is 1. The van der Waals surface area contributed by atoms with E-state index in [0.717, 1.165) is 11.6 Å². The van der Waals surface area contributed by atoms with Crippen molar-refractivity contribution < 1.29 is 13.3 Å². The highest BCUT2D eigenvalue weighted by Gasteiger charge is 2.27. The number of nitro benzene ring substituents is 1. The van der Waals surface area contributed by atoms with Gasteiger partial charge in [0.1, 0.15) is 4.90 Å². The van der Waals surface area contributed by atoms with Gasteiger partial charge in [0.25, 0.3) is 5.69 Å². The molecule has 0 aliphatic rings. The molecule has 1 N–H and O–H groups in total. The molecule has 0 spiro atoms. The van der Waals surface area contributed by atoms with E-state index in [2.05, 4.69) is 15.5 Å². The summed E-state index contributed by atoms with van der Waals surface area (Å²) in [7, 11) is -3.91. The number of pyridine rings is 1. The van der Waals surface area contributed by atoms with Crippen LogP contribution in [-0.2, 0) is 10.0 Å². The molecule has 0 saturated heterocycles. The Morgan fingerprint density at radius 1 is 1.22 bits per heavy atom. The summed E-state index contributed by atoms with van der Waals surface area (Å²) in [5.41, 5.74) is 4.01. The third-order valence-corrected chi connectivity index (χ3v) is 6.03. The Kier molecular flexibility index (Phi) is 6.59. The van der Waals surface area contributed by atoms with Crippen molar-refractivity contribution in [2.75, 3.05) is 18.5 Å². The number of hydrazone groups is 1. The largest absolute Gasteiger partial charge is 0.277 e. The summed E-state index contributed by atoms with van der Waals surface area (Å²) in [6.45, 7) is 5.67. The Morgan fingerprint density at radius 3 is 2.41 bits per heavy atom. The molecule has 0 amide bonds. The van der Waals surface area contributed by atoms with Gasteiger partial charge in [0, 0.05) is 43.2 Å². The molecule has 1 aromatic carbocycles. The van der Waals surface area contributed by atoms with Gasteiger partial charge in [0.2, 0.25) is 10.0 Å². The lowest BCUT2D eigenvalue weighted by Gasteiger charge is -2.20. The third-order valence-electron chi connectivity index (χ3n) is 3.94. The van der Waals surface area contributed by atoms with Gasteiger partial charge in [-0.1, -0.05) is 13.8 Å². The number of anilines is 1. The van der Waals surface area contributed by atoms with Crippen molar-refractivity contribution in [1.82, 2.24) is 9.29 Å². The first kappa shape index (κ1) is 20.5. The minimum atomic E-state index is -3.91. The van der Waals surface area contributed by atoms with E-state index in [0.29, 0.717) is 5.71 Å². The molecule has 0 saturated carbocycles. The third kappa shape index (κ3) is 4.66. The first-order valence-electron chi connectivity index (χ1n) is 8.30. The molecule has 0 atom stereocenters. The highest BCUT2D eigenvalue weighted by atomic mass is 32.2. The van der Waals surface area contributed by atoms with Crippen molar-refractivity contribution >= 4 is 27.1 Å². The van der Waals surface area contributed by atoms with Gasteiger partial charge in [-0.05, 0) is 25.1 Å². The van der Waals surface area contributed by atoms with E-state index in [1.807, 2.05) is 0 Å². The molecule has 0 radical (unpaired) electrons. The Hall–Kier alpha value is -2.85. The molecule has 1 aromatic heterocycles. The Balaban J connectivity index is 2.49. The van der Waals surface area contributed by atoms with E-state index >= 15 is 0 Å². The lowest BCUT2D eigenvalue weighted by atomic mass is 10.2. The van der Waals surface area contributed by atoms with Gasteiger partial charge in [0.05, 0.1) is 16.3 Å². The first-order chi connectivity index (χ1) is 12.8. The van der Waals surface area contributed by atoms with Crippen molar-refractivity contribution in [2.45, 2.75) is 25.7 Å². The van der Waals surface area contributed by atoms with Gasteiger partial charge < -0.3 is 0 Å². The maximum Gasteiger partial charge on any atom is 0.270 e. The lowest BCUT2D eigenvalue weighted by molar-refractivity contribution is -0.385. The SMILES string of the molecule is CCN(CC)S(=O)(=O)c1cc([N+](=O)[O-])ccc1N/N=C(\C)c1ccncc1. The van der Waals surface area contributed by atoms with Crippen LogP contribution in [0.25, 0.3) is 0 Å². The molecule has 2 rings (SSSR count). The van der Waals surface area contributed by atoms with Gasteiger partial charge in [0.15, 0.2) is 0 Å². The molecule has 27 heavy (non-hydrogen) atoms. The van der Waals surface area contributed by atoms with E-state index in [9.17, 15) is 18.5 Å². The minimum Gasteiger partial charge on any atom is -0.277 e. The molecular formula is C17H21N5O4S. The normalized spacial score (nSPS) is 12.2. The molecule has 0 fully saturated rings. The minimum absolute atomic E-state index is 0.168. The van der Waals surface area contributed by atoms with Crippen molar-refractivity contribution in [3.05, 3.63) is 58.4 Å². The van der Waals surface area contributed by atoms with E-state index in [4.69, 9.17) is 0 Å². The van der Waals surface area contributed by atoms with Crippen molar-refractivity contribution in [3.8, 4) is 0 Å². The van der Waals surface area contributed by atoms with Crippen LogP contribution in [-0.4, -0.2) is 41.4 Å². The maximum absolute atomic E-state index is 12.9. The molecule has 10 heteroatoms. The van der Waals surface area contributed by atoms with Crippen LogP contribution in [0.5, 0.6) is 0 Å². The Morgan fingerprint density at radius 2 is 1.85 bits per heavy atom. The summed E-state index contributed by atoms with van der Waals surface area (Å²) in [4.78, 5) is 14.2. The van der Waals surface area contributed by atoms with Crippen LogP contribution in [0.4, 0.5) is 11.4 Å². The van der Waals surface area contributed by atoms with E-state index in [-0.39, 0.29) is 29.4 Å². The summed E-state index contributed by atoms with van der Waals surface area (Å²) in [6.07, 6.45) is 3.24. The van der Waals surface area contributed by atoms with Crippen LogP contribution >= 0.6 is 0 Å². The highest BCUT2D eigenvalue weighted by molar-refractivity contribution is 7.89. The fourth-order valence-electron chi connectivity index (χ4n) is 2.43. The van der Waals surface area contributed by atoms with E-state index < -0.39 is 14.9 Å². The maximum atomic E-state index is 12.9. The van der Waals surface area contributed by atoms with Crippen LogP contribution in [0.3, 0.4) is 0 Å². The molecule has 0 aliphatic carbocycles. The number of benzene rings is 1. The summed E-state index contributed by atoms with van der Waals surface area (Å²) < 4.78 is 27.1. The van der Waals surface area contributed by atoms with Crippen molar-refractivity contribution in [1.29, 1.82) is 0 Å². The number of nitrogens with zero attached hydrogens (tertiary/aromatic N) is 4. The number of aromatic nitrogens is 1. The van der Waals surface area contributed by atoms with E-state index in [1.54, 1.807) is 45.3 Å². The zero-order valence-corrected chi connectivity index (χ0v) is 16.1. The van der Waals surface area contributed by atoms with Gasteiger partial charge in [-0.3, -0.25) is 20.5 Å². The van der Waals surface area contributed by atoms with Crippen LogP contribution in [0.2, 0.25) is 0 Å². The average molecular weight is 391 g/mol. The lowest BCUT2D eigenvalue weighted by Crippen LogP contribution is -2.31. The molecule has 9 nitrogen and oxygen atoms in total. The molecule has 144 valence electrons. The number of rotatable bonds is 8. The highest BCUT2D eigenvalue weighted by Crippen LogP contribution is 2.29. The van der Waals surface area contributed by atoms with Crippen LogP contribution in [0.1, 0.15) is 26.3 Å². The van der Waals surface area contributed by atoms with Crippen LogP contribution < -0.4 is 5.43 Å². The summed E-state index contributed by atoms with van der Waals surface area (Å²) in [5, 5.41) is 15.3. The smallest absolute Gasteiger partial charge is 0.270 e. The molecule has 0 unspecified atom stereocenters. The second-order valence-corrected chi connectivity index (χ2v) is 7.48. The number of hydrogen-bond acceptors (Lipinski definition) is 7. The van der Waals surface area contributed by atoms with Gasteiger partial charge >= 0.3 is 0 Å². The Labute approximate surface area is 157 Å². The monoisotopic (exact) mass is 391 g/mol. The number of hydrogen-bond donors (Lipinski definition) is 1. The fourth-order valence-corrected chi connectivity index (χ4v) is 4.05. The average Bonchev–Trinajstić information content (AvgIpc) is 2.67. The fraction of sp³-hybridized carbons (Fsp3) is 0.294. The number of nitro groups is 1. The second kappa shape index (κ2) is 8.69. The van der Waals surface area contributed by atoms with Crippen molar-refractivity contribution in [3.63, 3.8) is 0 Å². The molecule has 0 aliphatic heterocycles. The summed E-state index contributed by atoms with van der Waals surface area (Å²) >= 11 is 0. The van der Waals surface area contributed by atoms with Gasteiger partial charge in [-0.25, -0.2) is 8.42 Å². The standard InChI is InChI=1S/C17H21N5O4S/c1-4-21(5-2)27(25,26)17-12-15(22(23)24)6-7-16(17)20-19-13(3)14-8-10-18-11-9-14/h6-12,20H,4-5H2,1-3H3/b19-13+. The topological polar surface area (TPSA) is 118 Å². The Bertz CT molecular complexity index is 941. The number of nitrogens with one attached hydrogen (secondary N) is 1. The first-order valence-corrected chi connectivity index (χ1v) is 9.74. The zero-order chi connectivity index (χ0) is 20.0. The van der Waals surface area contributed by atoms with Crippen LogP contribution in [0, 0.1) is 10.1 Å². The molecule has 2 aromatic rings. The molecule has 1 heterocycles. The van der Waals surface area contributed by atoms with Crippen LogP contribution in [0.15, 0.2) is 52.7 Å². The van der Waals surface area contributed by atoms with E-state index in [1.165, 1.54) is 16.4 Å². The summed E-state index contributed by atoms with van der Waals surface area (Å²) in [5.74, 6) is 0. The molecule has 0 bridgehead atoms. The quantitative estimate of drug-likeness (QED) is 0.420. The van der Waals surface area contributed by atoms with Gasteiger partial charge in [-0.15, -0.1) is 0 Å². The van der Waals surface area contributed by atoms with Gasteiger partial charge in [-0.2, -0.15) is 9.41 Å². The predicted molar refractivity (Wildman–Crippen MR) is 103 cm³/mol. The van der Waals surface area contributed by atoms with Crippen molar-refractivity contribution in [2.24, 2.45) is 5.10 Å². The number of sulfonamides is 1. The molecular weight excluding hydrogens is 370 g/mol. The summed E-state index contributed by atoms with van der Waals surface area (Å²) in [6, 6.07) is 7.17.